The topological polar surface area (TPSA) is 60.7 Å². The molecule has 0 N–H and O–H groups in total. The number of hydrogen-bond acceptors (Lipinski definition) is 4. The minimum Gasteiger partial charge on any atom is -0.294 e. The highest BCUT2D eigenvalue weighted by Crippen LogP contribution is 2.18. The molecule has 3 aromatic rings. The van der Waals surface area contributed by atoms with Crippen molar-refractivity contribution in [3.05, 3.63) is 54.0 Å². The molecular weight excluding hydrogens is 240 g/mol. The van der Waals surface area contributed by atoms with Gasteiger partial charge in [0.25, 0.3) is 0 Å². The minimum absolute atomic E-state index is 0.00115. The number of fused-ring (bicyclic) bond motifs is 1. The monoisotopic (exact) mass is 252 g/mol. The average molecular weight is 252 g/mol. The zero-order chi connectivity index (χ0) is 13.2. The first-order valence-corrected chi connectivity index (χ1v) is 5.96. The van der Waals surface area contributed by atoms with E-state index in [1.807, 2.05) is 31.3 Å². The highest BCUT2D eigenvalue weighted by molar-refractivity contribution is 5.99. The summed E-state index contributed by atoms with van der Waals surface area (Å²) in [7, 11) is 1.88. The molecule has 0 fully saturated rings. The number of para-hydroxylation sites is 1. The summed E-state index contributed by atoms with van der Waals surface area (Å²) in [4.78, 5) is 12.1. The van der Waals surface area contributed by atoms with E-state index in [1.54, 1.807) is 10.7 Å². The summed E-state index contributed by atoms with van der Waals surface area (Å²) in [6, 6.07) is 9.55. The first kappa shape index (κ1) is 11.5. The molecule has 0 saturated heterocycles. The van der Waals surface area contributed by atoms with Crippen molar-refractivity contribution in [1.29, 1.82) is 0 Å². The van der Waals surface area contributed by atoms with Crippen LogP contribution < -0.4 is 0 Å². The van der Waals surface area contributed by atoms with Gasteiger partial charge < -0.3 is 0 Å². The Morgan fingerprint density at radius 3 is 2.84 bits per heavy atom. The molecule has 19 heavy (non-hydrogen) atoms. The Morgan fingerprint density at radius 2 is 2.05 bits per heavy atom. The van der Waals surface area contributed by atoms with Crippen molar-refractivity contribution in [2.75, 3.05) is 0 Å². The fourth-order valence-electron chi connectivity index (χ4n) is 2.13. The zero-order valence-electron chi connectivity index (χ0n) is 10.4. The second kappa shape index (κ2) is 4.61. The van der Waals surface area contributed by atoms with E-state index in [1.165, 1.54) is 12.4 Å². The van der Waals surface area contributed by atoms with Gasteiger partial charge in [0.1, 0.15) is 0 Å². The summed E-state index contributed by atoms with van der Waals surface area (Å²) in [5.41, 5.74) is 2.38. The fraction of sp³-hybridized carbons (Fsp3) is 0.143. The maximum atomic E-state index is 12.1. The molecule has 0 saturated carbocycles. The smallest absolute Gasteiger partial charge is 0.170 e. The summed E-state index contributed by atoms with van der Waals surface area (Å²) >= 11 is 0. The third-order valence-corrected chi connectivity index (χ3v) is 3.07. The normalized spacial score (nSPS) is 10.8. The van der Waals surface area contributed by atoms with Crippen LogP contribution in [0, 0.1) is 0 Å². The molecule has 0 bridgehead atoms. The van der Waals surface area contributed by atoms with Gasteiger partial charge in [-0.1, -0.05) is 18.2 Å². The van der Waals surface area contributed by atoms with Crippen molar-refractivity contribution in [3.8, 4) is 0 Å². The second-order valence-corrected chi connectivity index (χ2v) is 4.32. The lowest BCUT2D eigenvalue weighted by molar-refractivity contribution is 0.0991. The highest BCUT2D eigenvalue weighted by Gasteiger charge is 2.13. The molecule has 0 amide bonds. The van der Waals surface area contributed by atoms with Crippen LogP contribution in [-0.2, 0) is 13.5 Å². The third-order valence-electron chi connectivity index (χ3n) is 3.07. The molecule has 5 nitrogen and oxygen atoms in total. The van der Waals surface area contributed by atoms with Crippen LogP contribution in [0.4, 0.5) is 0 Å². The molecule has 0 spiro atoms. The predicted molar refractivity (Wildman–Crippen MR) is 70.8 cm³/mol. The maximum absolute atomic E-state index is 12.1. The molecule has 0 aliphatic heterocycles. The molecule has 5 heteroatoms. The van der Waals surface area contributed by atoms with Gasteiger partial charge in [0.2, 0.25) is 0 Å². The number of hydrogen-bond donors (Lipinski definition) is 0. The number of carbonyl (C=O) groups excluding carboxylic acids is 1. The van der Waals surface area contributed by atoms with Gasteiger partial charge in [0.05, 0.1) is 30.0 Å². The van der Waals surface area contributed by atoms with Crippen LogP contribution in [0.5, 0.6) is 0 Å². The molecule has 1 aromatic carbocycles. The average Bonchev–Trinajstić information content (AvgIpc) is 2.77. The molecule has 0 aliphatic carbocycles. The van der Waals surface area contributed by atoms with Crippen LogP contribution in [0.15, 0.2) is 42.7 Å². The Kier molecular flexibility index (Phi) is 2.79. The zero-order valence-corrected chi connectivity index (χ0v) is 10.4. The van der Waals surface area contributed by atoms with Gasteiger partial charge >= 0.3 is 0 Å². The molecule has 0 unspecified atom stereocenters. The Balaban J connectivity index is 1.96. The number of carbonyl (C=O) groups is 1. The number of ketones is 1. The van der Waals surface area contributed by atoms with E-state index < -0.39 is 0 Å². The van der Waals surface area contributed by atoms with Crippen molar-refractivity contribution in [2.45, 2.75) is 6.42 Å². The summed E-state index contributed by atoms with van der Waals surface area (Å²) in [5, 5.41) is 12.8. The minimum atomic E-state index is -0.00115. The molecule has 0 radical (unpaired) electrons. The number of nitrogens with zero attached hydrogens (tertiary/aromatic N) is 4. The van der Waals surface area contributed by atoms with E-state index in [-0.39, 0.29) is 12.2 Å². The Morgan fingerprint density at radius 1 is 1.21 bits per heavy atom. The van der Waals surface area contributed by atoms with Crippen LogP contribution in [0.25, 0.3) is 10.9 Å². The van der Waals surface area contributed by atoms with Crippen molar-refractivity contribution in [1.82, 2.24) is 20.0 Å². The van der Waals surface area contributed by atoms with Gasteiger partial charge in [-0.3, -0.25) is 9.48 Å². The van der Waals surface area contributed by atoms with Crippen LogP contribution >= 0.6 is 0 Å². The molecule has 3 rings (SSSR count). The molecule has 2 heterocycles. The first-order valence-electron chi connectivity index (χ1n) is 5.96. The summed E-state index contributed by atoms with van der Waals surface area (Å²) < 4.78 is 1.79. The standard InChI is InChI=1S/C14H12N4O/c1-18-13-5-3-2-4-11(13)12(17-18)8-14(19)10-6-7-15-16-9-10/h2-7,9H,8H2,1H3. The SMILES string of the molecule is Cn1nc(CC(=O)c2ccnnc2)c2ccccc21. The van der Waals surface area contributed by atoms with Gasteiger partial charge in [-0.2, -0.15) is 15.3 Å². The predicted octanol–water partition coefficient (Wildman–Crippen LogP) is 1.79. The Bertz CT molecular complexity index is 734. The number of Topliss-reactive ketones (excluding diaryl/α,β-unsaturated/α-hetero) is 1. The van der Waals surface area contributed by atoms with Crippen molar-refractivity contribution >= 4 is 16.7 Å². The lowest BCUT2D eigenvalue weighted by Gasteiger charge is -1.97. The molecule has 0 atom stereocenters. The Hall–Kier alpha value is -2.56. The van der Waals surface area contributed by atoms with Crippen molar-refractivity contribution < 1.29 is 4.79 Å². The summed E-state index contributed by atoms with van der Waals surface area (Å²) in [6.07, 6.45) is 3.27. The van der Waals surface area contributed by atoms with Crippen LogP contribution in [0.1, 0.15) is 16.1 Å². The van der Waals surface area contributed by atoms with E-state index in [2.05, 4.69) is 15.3 Å². The first-order chi connectivity index (χ1) is 9.25. The molecule has 94 valence electrons. The van der Waals surface area contributed by atoms with Gasteiger partial charge in [0, 0.05) is 18.0 Å². The number of benzene rings is 1. The number of aromatic nitrogens is 4. The van der Waals surface area contributed by atoms with E-state index in [0.717, 1.165) is 16.6 Å². The lowest BCUT2D eigenvalue weighted by Crippen LogP contribution is -2.05. The van der Waals surface area contributed by atoms with E-state index in [9.17, 15) is 4.79 Å². The van der Waals surface area contributed by atoms with Crippen LogP contribution in [0.2, 0.25) is 0 Å². The lowest BCUT2D eigenvalue weighted by atomic mass is 10.1. The molecule has 2 aromatic heterocycles. The summed E-state index contributed by atoms with van der Waals surface area (Å²) in [6.45, 7) is 0. The Labute approximate surface area is 109 Å². The van der Waals surface area contributed by atoms with Gasteiger partial charge in [0.15, 0.2) is 5.78 Å². The van der Waals surface area contributed by atoms with Crippen LogP contribution in [-0.4, -0.2) is 25.8 Å². The fourth-order valence-corrected chi connectivity index (χ4v) is 2.13. The van der Waals surface area contributed by atoms with Crippen molar-refractivity contribution in [3.63, 3.8) is 0 Å². The second-order valence-electron chi connectivity index (χ2n) is 4.32. The quantitative estimate of drug-likeness (QED) is 0.667. The van der Waals surface area contributed by atoms with Crippen molar-refractivity contribution in [2.24, 2.45) is 7.05 Å². The van der Waals surface area contributed by atoms with Gasteiger partial charge in [-0.15, -0.1) is 0 Å². The van der Waals surface area contributed by atoms with E-state index in [0.29, 0.717) is 5.56 Å². The number of rotatable bonds is 3. The van der Waals surface area contributed by atoms with E-state index >= 15 is 0 Å². The largest absolute Gasteiger partial charge is 0.294 e. The van der Waals surface area contributed by atoms with E-state index in [4.69, 9.17) is 0 Å². The third kappa shape index (κ3) is 2.10. The maximum Gasteiger partial charge on any atom is 0.170 e. The molecular formula is C14H12N4O. The summed E-state index contributed by atoms with van der Waals surface area (Å²) in [5.74, 6) is -0.00115. The highest BCUT2D eigenvalue weighted by atomic mass is 16.1. The number of aryl methyl sites for hydroxylation is 1. The van der Waals surface area contributed by atoms with Gasteiger partial charge in [-0.05, 0) is 12.1 Å². The van der Waals surface area contributed by atoms with Crippen LogP contribution in [0.3, 0.4) is 0 Å². The molecule has 0 aliphatic rings. The van der Waals surface area contributed by atoms with Gasteiger partial charge in [-0.25, -0.2) is 0 Å².